The summed E-state index contributed by atoms with van der Waals surface area (Å²) in [7, 11) is 0. The summed E-state index contributed by atoms with van der Waals surface area (Å²) in [5.41, 5.74) is 0.173. The smallest absolute Gasteiger partial charge is 0.342 e. The van der Waals surface area contributed by atoms with E-state index in [2.05, 4.69) is 25.9 Å². The summed E-state index contributed by atoms with van der Waals surface area (Å²) >= 11 is 8.70. The summed E-state index contributed by atoms with van der Waals surface area (Å²) in [5, 5.41) is 0.0836. The number of esters is 1. The molecule has 4 nitrogen and oxygen atoms in total. The number of carbonyl (C=O) groups is 1. The van der Waals surface area contributed by atoms with Crippen LogP contribution in [0.1, 0.15) is 17.3 Å². The van der Waals surface area contributed by atoms with Crippen molar-refractivity contribution in [1.82, 2.24) is 9.97 Å². The third-order valence-electron chi connectivity index (χ3n) is 1.21. The van der Waals surface area contributed by atoms with Crippen LogP contribution in [0.2, 0.25) is 5.15 Å². The van der Waals surface area contributed by atoms with E-state index in [1.54, 1.807) is 6.92 Å². The molecule has 1 aromatic heterocycles. The van der Waals surface area contributed by atoms with Crippen molar-refractivity contribution in [3.8, 4) is 0 Å². The first-order chi connectivity index (χ1) is 6.15. The molecule has 0 atom stereocenters. The van der Waals surface area contributed by atoms with E-state index in [1.165, 1.54) is 6.20 Å². The summed E-state index contributed by atoms with van der Waals surface area (Å²) in [6.07, 6.45) is 1.32. The van der Waals surface area contributed by atoms with Crippen LogP contribution in [0.15, 0.2) is 10.9 Å². The van der Waals surface area contributed by atoms with Gasteiger partial charge in [-0.1, -0.05) is 11.6 Å². The molecule has 0 aromatic carbocycles. The van der Waals surface area contributed by atoms with Crippen LogP contribution in [0.25, 0.3) is 0 Å². The van der Waals surface area contributed by atoms with Gasteiger partial charge in [-0.25, -0.2) is 14.8 Å². The Kier molecular flexibility index (Phi) is 3.62. The maximum absolute atomic E-state index is 11.2. The van der Waals surface area contributed by atoms with Gasteiger partial charge in [-0.2, -0.15) is 0 Å². The van der Waals surface area contributed by atoms with Gasteiger partial charge in [-0.15, -0.1) is 0 Å². The van der Waals surface area contributed by atoms with Crippen LogP contribution in [0.4, 0.5) is 0 Å². The van der Waals surface area contributed by atoms with Crippen LogP contribution < -0.4 is 0 Å². The van der Waals surface area contributed by atoms with Crippen LogP contribution in [0.5, 0.6) is 0 Å². The molecule has 0 aliphatic heterocycles. The molecule has 0 saturated heterocycles. The molecule has 0 radical (unpaired) electrons. The van der Waals surface area contributed by atoms with Crippen molar-refractivity contribution < 1.29 is 9.53 Å². The highest BCUT2D eigenvalue weighted by Gasteiger charge is 2.13. The maximum atomic E-state index is 11.2. The SMILES string of the molecule is CCOC(=O)c1cnc(Br)nc1Cl. The number of nitrogens with zero attached hydrogens (tertiary/aromatic N) is 2. The van der Waals surface area contributed by atoms with Crippen molar-refractivity contribution in [3.63, 3.8) is 0 Å². The lowest BCUT2D eigenvalue weighted by molar-refractivity contribution is 0.0525. The zero-order valence-electron chi connectivity index (χ0n) is 6.75. The Morgan fingerprint density at radius 1 is 1.77 bits per heavy atom. The van der Waals surface area contributed by atoms with E-state index in [-0.39, 0.29) is 10.7 Å². The molecule has 0 unspecified atom stereocenters. The van der Waals surface area contributed by atoms with Gasteiger partial charge < -0.3 is 4.74 Å². The van der Waals surface area contributed by atoms with E-state index >= 15 is 0 Å². The van der Waals surface area contributed by atoms with Crippen LogP contribution in [0, 0.1) is 0 Å². The molecule has 70 valence electrons. The minimum atomic E-state index is -0.514. The van der Waals surface area contributed by atoms with Gasteiger partial charge in [0.15, 0.2) is 4.73 Å². The zero-order valence-corrected chi connectivity index (χ0v) is 9.09. The van der Waals surface area contributed by atoms with Gasteiger partial charge in [-0.05, 0) is 22.9 Å². The van der Waals surface area contributed by atoms with Crippen molar-refractivity contribution in [3.05, 3.63) is 21.6 Å². The first kappa shape index (κ1) is 10.4. The lowest BCUT2D eigenvalue weighted by Crippen LogP contribution is -2.07. The summed E-state index contributed by atoms with van der Waals surface area (Å²) in [6, 6.07) is 0. The minimum absolute atomic E-state index is 0.0836. The average molecular weight is 265 g/mol. The highest BCUT2D eigenvalue weighted by Crippen LogP contribution is 2.15. The number of halogens is 2. The normalized spacial score (nSPS) is 9.77. The Labute approximate surface area is 88.4 Å². The maximum Gasteiger partial charge on any atom is 0.342 e. The summed E-state index contributed by atoms with van der Waals surface area (Å²) in [5.74, 6) is -0.514. The predicted molar refractivity (Wildman–Crippen MR) is 50.7 cm³/mol. The molecule has 0 N–H and O–H groups in total. The number of rotatable bonds is 2. The van der Waals surface area contributed by atoms with Crippen LogP contribution in [0.3, 0.4) is 0 Å². The van der Waals surface area contributed by atoms with E-state index in [1.807, 2.05) is 0 Å². The Morgan fingerprint density at radius 3 is 3.00 bits per heavy atom. The lowest BCUT2D eigenvalue weighted by atomic mass is 10.3. The van der Waals surface area contributed by atoms with Gasteiger partial charge in [0, 0.05) is 6.20 Å². The quantitative estimate of drug-likeness (QED) is 0.467. The van der Waals surface area contributed by atoms with Crippen molar-refractivity contribution in [2.45, 2.75) is 6.92 Å². The van der Waals surface area contributed by atoms with E-state index in [0.29, 0.717) is 11.3 Å². The monoisotopic (exact) mass is 264 g/mol. The second-order valence-electron chi connectivity index (χ2n) is 2.06. The third-order valence-corrected chi connectivity index (χ3v) is 1.88. The fourth-order valence-corrected chi connectivity index (χ4v) is 1.27. The number of aromatic nitrogens is 2. The summed E-state index contributed by atoms with van der Waals surface area (Å²) < 4.78 is 5.07. The molecule has 0 bridgehead atoms. The molecule has 0 spiro atoms. The highest BCUT2D eigenvalue weighted by atomic mass is 79.9. The van der Waals surface area contributed by atoms with E-state index in [4.69, 9.17) is 16.3 Å². The van der Waals surface area contributed by atoms with Gasteiger partial charge in [0.2, 0.25) is 0 Å². The second-order valence-corrected chi connectivity index (χ2v) is 3.13. The molecule has 0 saturated carbocycles. The number of carbonyl (C=O) groups excluding carboxylic acids is 1. The number of ether oxygens (including phenoxy) is 1. The van der Waals surface area contributed by atoms with Gasteiger partial charge in [0.1, 0.15) is 10.7 Å². The molecule has 1 heterocycles. The Hall–Kier alpha value is -0.680. The van der Waals surface area contributed by atoms with Gasteiger partial charge >= 0.3 is 5.97 Å². The Morgan fingerprint density at radius 2 is 2.46 bits per heavy atom. The second kappa shape index (κ2) is 4.53. The fraction of sp³-hybridized carbons (Fsp3) is 0.286. The molecule has 1 aromatic rings. The van der Waals surface area contributed by atoms with Gasteiger partial charge in [-0.3, -0.25) is 0 Å². The molecule has 0 amide bonds. The minimum Gasteiger partial charge on any atom is -0.462 e. The topological polar surface area (TPSA) is 52.1 Å². The summed E-state index contributed by atoms with van der Waals surface area (Å²) in [4.78, 5) is 18.7. The predicted octanol–water partition coefficient (Wildman–Crippen LogP) is 2.07. The van der Waals surface area contributed by atoms with E-state index < -0.39 is 5.97 Å². The lowest BCUT2D eigenvalue weighted by Gasteiger charge is -2.02. The highest BCUT2D eigenvalue weighted by molar-refractivity contribution is 9.10. The van der Waals surface area contributed by atoms with Crippen LogP contribution in [-0.2, 0) is 4.74 Å². The first-order valence-corrected chi connectivity index (χ1v) is 4.67. The average Bonchev–Trinajstić information content (AvgIpc) is 2.04. The Bertz CT molecular complexity index is 332. The first-order valence-electron chi connectivity index (χ1n) is 3.50. The zero-order chi connectivity index (χ0) is 9.84. The molecular formula is C7H6BrClN2O2. The van der Waals surface area contributed by atoms with E-state index in [9.17, 15) is 4.79 Å². The van der Waals surface area contributed by atoms with Crippen molar-refractivity contribution in [2.24, 2.45) is 0 Å². The standard InChI is InChI=1S/C7H6BrClN2O2/c1-2-13-6(12)4-3-10-7(8)11-5(4)9/h3H,2H2,1H3. The largest absolute Gasteiger partial charge is 0.462 e. The van der Waals surface area contributed by atoms with E-state index in [0.717, 1.165) is 0 Å². The molecule has 0 fully saturated rings. The van der Waals surface area contributed by atoms with Crippen LogP contribution in [-0.4, -0.2) is 22.5 Å². The molecule has 1 rings (SSSR count). The molecule has 13 heavy (non-hydrogen) atoms. The van der Waals surface area contributed by atoms with Crippen molar-refractivity contribution >= 4 is 33.5 Å². The van der Waals surface area contributed by atoms with Crippen LogP contribution >= 0.6 is 27.5 Å². The fourth-order valence-electron chi connectivity index (χ4n) is 0.687. The van der Waals surface area contributed by atoms with Crippen molar-refractivity contribution in [2.75, 3.05) is 6.61 Å². The molecule has 0 aliphatic rings. The van der Waals surface area contributed by atoms with Crippen molar-refractivity contribution in [1.29, 1.82) is 0 Å². The number of hydrogen-bond donors (Lipinski definition) is 0. The molecular weight excluding hydrogens is 259 g/mol. The number of hydrogen-bond acceptors (Lipinski definition) is 4. The van der Waals surface area contributed by atoms with Gasteiger partial charge in [0.05, 0.1) is 6.61 Å². The van der Waals surface area contributed by atoms with Gasteiger partial charge in [0.25, 0.3) is 0 Å². The molecule has 0 aliphatic carbocycles. The Balaban J connectivity index is 2.95. The summed E-state index contributed by atoms with van der Waals surface area (Å²) in [6.45, 7) is 2.01. The molecule has 6 heteroatoms. The third kappa shape index (κ3) is 2.63.